The van der Waals surface area contributed by atoms with E-state index in [4.69, 9.17) is 23.7 Å². The number of alkyl halides is 3. The van der Waals surface area contributed by atoms with Crippen LogP contribution >= 0.6 is 11.8 Å². The van der Waals surface area contributed by atoms with Crippen LogP contribution in [0.25, 0.3) is 16.3 Å². The number of thioether (sulfide) groups is 1. The maximum atomic E-state index is 14.0. The summed E-state index contributed by atoms with van der Waals surface area (Å²) in [6, 6.07) is 30.2. The highest BCUT2D eigenvalue weighted by molar-refractivity contribution is 8.00. The Morgan fingerprint density at radius 3 is 1.99 bits per heavy atom. The van der Waals surface area contributed by atoms with E-state index in [-0.39, 0.29) is 136 Å². The van der Waals surface area contributed by atoms with Crippen molar-refractivity contribution in [2.24, 2.45) is 10.2 Å². The average Bonchev–Trinajstić information content (AvgIpc) is 3.26. The van der Waals surface area contributed by atoms with E-state index in [1.807, 2.05) is 48.2 Å². The van der Waals surface area contributed by atoms with Crippen LogP contribution in [0, 0.1) is 0 Å². The predicted molar refractivity (Wildman–Crippen MR) is 294 cm³/mol. The average molecular weight is 1140 g/mol. The van der Waals surface area contributed by atoms with Gasteiger partial charge in [0.25, 0.3) is 11.8 Å². The van der Waals surface area contributed by atoms with Gasteiger partial charge in [0.1, 0.15) is 12.4 Å². The first-order valence-electron chi connectivity index (χ1n) is 26.7. The van der Waals surface area contributed by atoms with Crippen LogP contribution in [0.15, 0.2) is 126 Å². The Labute approximate surface area is 468 Å². The third-order valence-electron chi connectivity index (χ3n) is 13.8. The Morgan fingerprint density at radius 2 is 1.28 bits per heavy atom. The van der Waals surface area contributed by atoms with Crippen LogP contribution in [0.5, 0.6) is 5.75 Å². The fourth-order valence-corrected chi connectivity index (χ4v) is 11.1. The zero-order chi connectivity index (χ0) is 56.8. The van der Waals surface area contributed by atoms with E-state index in [0.29, 0.717) is 40.4 Å². The molecular weight excluding hydrogens is 1070 g/mol. The second kappa shape index (κ2) is 27.2. The highest BCUT2D eigenvalue weighted by Crippen LogP contribution is 2.53. The van der Waals surface area contributed by atoms with Crippen molar-refractivity contribution in [3.63, 3.8) is 0 Å². The molecule has 81 heavy (non-hydrogen) atoms. The van der Waals surface area contributed by atoms with Gasteiger partial charge in [0, 0.05) is 65.5 Å². The molecular formula is C58H61F3N8O11S. The minimum Gasteiger partial charge on any atom is -0.490 e. The SMILES string of the molecule is O=C(CCCCC1SC[C@@H]2NC(=O)N[C@H]12)NCCOCCOCCOc1cc(C2(C(F)(F)F)N=N2)ccc1C(=O)NCCOCCOCCNC(=O)c1cc(C(=O)c2ccc3ccccc3c2)n2ccc(C(=O)c3ccccc3)cc12. The number of pyridine rings is 1. The summed E-state index contributed by atoms with van der Waals surface area (Å²) in [5, 5.41) is 23.0. The second-order valence-electron chi connectivity index (χ2n) is 19.3. The highest BCUT2D eigenvalue weighted by atomic mass is 32.2. The van der Waals surface area contributed by atoms with Crippen LogP contribution in [-0.4, -0.2) is 148 Å². The topological polar surface area (TPSA) is 238 Å². The number of hydrogen-bond acceptors (Lipinski definition) is 14. The summed E-state index contributed by atoms with van der Waals surface area (Å²) in [7, 11) is 0. The molecule has 0 radical (unpaired) electrons. The van der Waals surface area contributed by atoms with Gasteiger partial charge in [0.2, 0.25) is 11.7 Å². The quantitative estimate of drug-likeness (QED) is 0.0165. The van der Waals surface area contributed by atoms with Gasteiger partial charge >= 0.3 is 17.9 Å². The summed E-state index contributed by atoms with van der Waals surface area (Å²) in [4.78, 5) is 78.3. The van der Waals surface area contributed by atoms with Gasteiger partial charge in [-0.05, 0) is 60.0 Å². The van der Waals surface area contributed by atoms with Gasteiger partial charge in [-0.3, -0.25) is 24.0 Å². The maximum absolute atomic E-state index is 14.0. The molecule has 426 valence electrons. The molecule has 0 bridgehead atoms. The Morgan fingerprint density at radius 1 is 0.642 bits per heavy atom. The summed E-state index contributed by atoms with van der Waals surface area (Å²) in [5.41, 5.74) is -1.01. The number of ether oxygens (including phenoxy) is 5. The van der Waals surface area contributed by atoms with E-state index in [2.05, 4.69) is 36.8 Å². The molecule has 0 aliphatic carbocycles. The van der Waals surface area contributed by atoms with Crippen molar-refractivity contribution in [1.29, 1.82) is 0 Å². The molecule has 5 heterocycles. The van der Waals surface area contributed by atoms with Gasteiger partial charge in [-0.15, -0.1) is 10.2 Å². The summed E-state index contributed by atoms with van der Waals surface area (Å²) >= 11 is 1.85. The molecule has 3 aliphatic rings. The van der Waals surface area contributed by atoms with Gasteiger partial charge in [-0.1, -0.05) is 79.2 Å². The fourth-order valence-electron chi connectivity index (χ4n) is 9.56. The van der Waals surface area contributed by atoms with Crippen LogP contribution < -0.4 is 31.3 Å². The van der Waals surface area contributed by atoms with Crippen molar-refractivity contribution < 1.29 is 65.6 Å². The lowest BCUT2D eigenvalue weighted by Gasteiger charge is -2.18. The van der Waals surface area contributed by atoms with E-state index in [0.717, 1.165) is 47.9 Å². The number of halogens is 3. The molecule has 23 heteroatoms. The molecule has 4 aromatic carbocycles. The molecule has 2 fully saturated rings. The standard InChI is InChI=1S/C58H61F3N8O11S/c59-58(60,61)57(67-68-57)42-16-17-43(48(34-42)80-31-30-79-29-28-76-23-19-62-50(70)13-7-6-12-49-51-45(36-81-49)65-56(75)66-51)54(73)63-20-24-77-26-27-78-25-21-64-55(74)44-35-47(53(72)40-15-14-37-8-4-5-11-39(37)32-40)69-22-18-41(33-46(44)69)52(71)38-9-2-1-3-10-38/h1-5,8-11,14-18,22,32-35,45,49,51H,6-7,12-13,19-21,23-31,36H2,(H,62,70)(H,63,73)(H,64,74)(H2,65,66,75)/t45-,49?,51-/m0/s1. The summed E-state index contributed by atoms with van der Waals surface area (Å²) in [6.07, 6.45) is -0.231. The molecule has 9 rings (SSSR count). The largest absolute Gasteiger partial charge is 0.490 e. The van der Waals surface area contributed by atoms with Gasteiger partial charge < -0.3 is 54.7 Å². The first-order chi connectivity index (χ1) is 39.3. The Balaban J connectivity index is 0.671. The number of benzene rings is 4. The normalized spacial score (nSPS) is 16.9. The van der Waals surface area contributed by atoms with Crippen molar-refractivity contribution in [2.45, 2.75) is 54.9 Å². The zero-order valence-corrected chi connectivity index (χ0v) is 44.9. The van der Waals surface area contributed by atoms with E-state index < -0.39 is 23.7 Å². The van der Waals surface area contributed by atoms with Crippen LogP contribution in [0.1, 0.15) is 83.9 Å². The molecule has 2 aromatic heterocycles. The predicted octanol–water partition coefficient (Wildman–Crippen LogP) is 7.18. The van der Waals surface area contributed by atoms with E-state index in [1.165, 1.54) is 12.1 Å². The fraction of sp³-hybridized carbons (Fsp3) is 0.379. The van der Waals surface area contributed by atoms with Crippen LogP contribution in [0.2, 0.25) is 0 Å². The molecule has 19 nitrogen and oxygen atoms in total. The zero-order valence-electron chi connectivity index (χ0n) is 44.1. The number of rotatable bonds is 31. The van der Waals surface area contributed by atoms with E-state index >= 15 is 0 Å². The van der Waals surface area contributed by atoms with Gasteiger partial charge in [-0.25, -0.2) is 4.79 Å². The lowest BCUT2D eigenvalue weighted by atomic mass is 10.00. The third-order valence-corrected chi connectivity index (χ3v) is 15.3. The van der Waals surface area contributed by atoms with Gasteiger partial charge in [0.05, 0.1) is 87.3 Å². The van der Waals surface area contributed by atoms with Crippen LogP contribution in [0.3, 0.4) is 0 Å². The third kappa shape index (κ3) is 14.6. The maximum Gasteiger partial charge on any atom is 0.442 e. The number of fused-ring (bicyclic) bond motifs is 3. The molecule has 5 N–H and O–H groups in total. The summed E-state index contributed by atoms with van der Waals surface area (Å²) < 4.78 is 71.5. The highest BCUT2D eigenvalue weighted by Gasteiger charge is 2.65. The Bertz CT molecular complexity index is 3260. The first kappa shape index (κ1) is 58.0. The van der Waals surface area contributed by atoms with Crippen LogP contribution in [-0.2, 0) is 29.4 Å². The van der Waals surface area contributed by atoms with E-state index in [9.17, 15) is 41.9 Å². The minimum absolute atomic E-state index is 0.0246. The smallest absolute Gasteiger partial charge is 0.442 e. The number of hydrogen-bond donors (Lipinski definition) is 5. The molecule has 6 aromatic rings. The summed E-state index contributed by atoms with van der Waals surface area (Å²) in [6.45, 7) is 1.48. The number of carbonyl (C=O) groups is 6. The van der Waals surface area contributed by atoms with E-state index in [1.54, 1.807) is 59.1 Å². The monoisotopic (exact) mass is 1130 g/mol. The van der Waals surface area contributed by atoms with Gasteiger partial charge in [0.15, 0.2) is 5.78 Å². The molecule has 3 atom stereocenters. The lowest BCUT2D eigenvalue weighted by molar-refractivity contribution is -0.166. The van der Waals surface area contributed by atoms with Crippen molar-refractivity contribution in [3.05, 3.63) is 154 Å². The number of carbonyl (C=O) groups excluding carboxylic acids is 6. The molecule has 1 unspecified atom stereocenters. The van der Waals surface area contributed by atoms with Crippen molar-refractivity contribution in [2.75, 3.05) is 84.8 Å². The number of urea groups is 1. The van der Waals surface area contributed by atoms with Crippen molar-refractivity contribution >= 4 is 63.4 Å². The number of unbranched alkanes of at least 4 members (excludes halogenated alkanes) is 1. The number of aromatic nitrogens is 1. The summed E-state index contributed by atoms with van der Waals surface area (Å²) in [5.74, 6) is -0.952. The Hall–Kier alpha value is -7.70. The Kier molecular flexibility index (Phi) is 19.4. The van der Waals surface area contributed by atoms with Crippen molar-refractivity contribution in [1.82, 2.24) is 31.0 Å². The molecule has 0 saturated carbocycles. The molecule has 2 saturated heterocycles. The first-order valence-corrected chi connectivity index (χ1v) is 27.7. The lowest BCUT2D eigenvalue weighted by Crippen LogP contribution is -2.36. The number of nitrogens with zero attached hydrogens (tertiary/aromatic N) is 3. The molecule has 0 spiro atoms. The molecule has 3 aliphatic heterocycles. The van der Waals surface area contributed by atoms with Crippen LogP contribution in [0.4, 0.5) is 18.0 Å². The van der Waals surface area contributed by atoms with Gasteiger partial charge in [-0.2, -0.15) is 24.9 Å². The minimum atomic E-state index is -4.80. The second-order valence-corrected chi connectivity index (χ2v) is 20.6. The number of amides is 5. The number of nitrogens with one attached hydrogen (secondary N) is 5. The number of ketones is 2. The molecule has 5 amide bonds. The van der Waals surface area contributed by atoms with Crippen molar-refractivity contribution in [3.8, 4) is 5.75 Å².